The van der Waals surface area contributed by atoms with Crippen molar-refractivity contribution in [2.24, 2.45) is 0 Å². The van der Waals surface area contributed by atoms with Crippen LogP contribution in [0, 0.1) is 6.92 Å². The van der Waals surface area contributed by atoms with E-state index in [-0.39, 0.29) is 0 Å². The highest BCUT2D eigenvalue weighted by Crippen LogP contribution is 2.37. The van der Waals surface area contributed by atoms with Crippen molar-refractivity contribution in [3.8, 4) is 17.0 Å². The molecule has 0 saturated carbocycles. The fourth-order valence-corrected chi connectivity index (χ4v) is 3.01. The zero-order chi connectivity index (χ0) is 17.5. The standard InChI is InChI=1S/C18H13BrF3NO/c1-10-16(11-3-5-12(6-4-11)18(20,21)22)23-15-9-13(19)7-8-14(15)17(10)24-2/h3-9H,1-2H3. The number of benzene rings is 2. The Kier molecular flexibility index (Phi) is 4.25. The zero-order valence-corrected chi connectivity index (χ0v) is 14.5. The van der Waals surface area contributed by atoms with Gasteiger partial charge < -0.3 is 4.74 Å². The Hall–Kier alpha value is -2.08. The molecule has 1 heterocycles. The second-order valence-electron chi connectivity index (χ2n) is 5.36. The molecule has 0 unspecified atom stereocenters. The number of rotatable bonds is 2. The van der Waals surface area contributed by atoms with E-state index in [1.54, 1.807) is 7.11 Å². The molecular formula is C18H13BrF3NO. The van der Waals surface area contributed by atoms with Crippen molar-refractivity contribution in [1.29, 1.82) is 0 Å². The minimum atomic E-state index is -4.35. The number of hydrogen-bond donors (Lipinski definition) is 0. The van der Waals surface area contributed by atoms with Crippen LogP contribution in [0.25, 0.3) is 22.2 Å². The Morgan fingerprint density at radius 3 is 2.29 bits per heavy atom. The molecule has 0 N–H and O–H groups in total. The summed E-state index contributed by atoms with van der Waals surface area (Å²) in [5.41, 5.74) is 2.03. The van der Waals surface area contributed by atoms with E-state index in [0.717, 1.165) is 27.6 Å². The normalized spacial score (nSPS) is 11.8. The number of alkyl halides is 3. The SMILES string of the molecule is COc1c(C)c(-c2ccc(C(F)(F)F)cc2)nc2cc(Br)ccc12. The highest BCUT2D eigenvalue weighted by Gasteiger charge is 2.30. The maximum absolute atomic E-state index is 12.7. The van der Waals surface area contributed by atoms with Gasteiger partial charge in [-0.15, -0.1) is 0 Å². The van der Waals surface area contributed by atoms with Gasteiger partial charge in [0.2, 0.25) is 0 Å². The molecule has 1 aromatic heterocycles. The topological polar surface area (TPSA) is 22.1 Å². The Bertz CT molecular complexity index is 905. The third-order valence-corrected chi connectivity index (χ3v) is 4.32. The molecular weight excluding hydrogens is 383 g/mol. The molecule has 0 radical (unpaired) electrons. The summed E-state index contributed by atoms with van der Waals surface area (Å²) in [6.07, 6.45) is -4.35. The summed E-state index contributed by atoms with van der Waals surface area (Å²) in [4.78, 5) is 4.62. The van der Waals surface area contributed by atoms with E-state index in [0.29, 0.717) is 22.5 Å². The monoisotopic (exact) mass is 395 g/mol. The summed E-state index contributed by atoms with van der Waals surface area (Å²) in [6.45, 7) is 1.85. The first kappa shape index (κ1) is 16.8. The van der Waals surface area contributed by atoms with E-state index < -0.39 is 11.7 Å². The molecule has 0 amide bonds. The number of pyridine rings is 1. The lowest BCUT2D eigenvalue weighted by Gasteiger charge is -2.14. The number of methoxy groups -OCH3 is 1. The summed E-state index contributed by atoms with van der Waals surface area (Å²) in [5.74, 6) is 0.669. The van der Waals surface area contributed by atoms with Gasteiger partial charge in [-0.25, -0.2) is 4.98 Å². The molecule has 0 aliphatic rings. The van der Waals surface area contributed by atoms with Gasteiger partial charge in [0, 0.05) is 21.0 Å². The minimum absolute atomic E-state index is 0.603. The van der Waals surface area contributed by atoms with Crippen LogP contribution in [-0.2, 0) is 6.18 Å². The van der Waals surface area contributed by atoms with E-state index >= 15 is 0 Å². The Balaban J connectivity index is 2.20. The quantitative estimate of drug-likeness (QED) is 0.530. The van der Waals surface area contributed by atoms with Crippen LogP contribution in [0.4, 0.5) is 13.2 Å². The van der Waals surface area contributed by atoms with Gasteiger partial charge in [-0.2, -0.15) is 13.2 Å². The molecule has 0 spiro atoms. The average molecular weight is 396 g/mol. The number of ether oxygens (including phenoxy) is 1. The minimum Gasteiger partial charge on any atom is -0.496 e. The zero-order valence-electron chi connectivity index (χ0n) is 12.9. The van der Waals surface area contributed by atoms with Crippen LogP contribution >= 0.6 is 15.9 Å². The number of aromatic nitrogens is 1. The van der Waals surface area contributed by atoms with E-state index in [9.17, 15) is 13.2 Å². The molecule has 124 valence electrons. The van der Waals surface area contributed by atoms with Crippen LogP contribution in [0.5, 0.6) is 5.75 Å². The molecule has 0 aliphatic carbocycles. The van der Waals surface area contributed by atoms with Crippen molar-refractivity contribution in [1.82, 2.24) is 4.98 Å². The molecule has 2 aromatic carbocycles. The van der Waals surface area contributed by atoms with Crippen molar-refractivity contribution < 1.29 is 17.9 Å². The van der Waals surface area contributed by atoms with E-state index in [1.165, 1.54) is 12.1 Å². The van der Waals surface area contributed by atoms with Gasteiger partial charge in [-0.3, -0.25) is 0 Å². The first-order valence-electron chi connectivity index (χ1n) is 7.12. The predicted octanol–water partition coefficient (Wildman–Crippen LogP) is 6.00. The smallest absolute Gasteiger partial charge is 0.416 e. The Morgan fingerprint density at radius 2 is 1.71 bits per heavy atom. The second kappa shape index (κ2) is 6.09. The van der Waals surface area contributed by atoms with Crippen molar-refractivity contribution >= 4 is 26.8 Å². The van der Waals surface area contributed by atoms with E-state index in [2.05, 4.69) is 20.9 Å². The lowest BCUT2D eigenvalue weighted by molar-refractivity contribution is -0.137. The fourth-order valence-electron chi connectivity index (χ4n) is 2.66. The lowest BCUT2D eigenvalue weighted by atomic mass is 10.0. The molecule has 3 aromatic rings. The highest BCUT2D eigenvalue weighted by molar-refractivity contribution is 9.10. The van der Waals surface area contributed by atoms with Crippen LogP contribution in [0.15, 0.2) is 46.9 Å². The molecule has 24 heavy (non-hydrogen) atoms. The molecule has 0 atom stereocenters. The molecule has 3 rings (SSSR count). The summed E-state index contributed by atoms with van der Waals surface area (Å²) in [7, 11) is 1.57. The number of fused-ring (bicyclic) bond motifs is 1. The van der Waals surface area contributed by atoms with Crippen LogP contribution in [0.2, 0.25) is 0 Å². The average Bonchev–Trinajstić information content (AvgIpc) is 2.54. The molecule has 0 bridgehead atoms. The van der Waals surface area contributed by atoms with Gasteiger partial charge in [-0.05, 0) is 37.3 Å². The first-order valence-corrected chi connectivity index (χ1v) is 7.92. The summed E-state index contributed by atoms with van der Waals surface area (Å²) in [5, 5.41) is 0.855. The van der Waals surface area contributed by atoms with E-state index in [4.69, 9.17) is 4.74 Å². The van der Waals surface area contributed by atoms with Gasteiger partial charge in [-0.1, -0.05) is 28.1 Å². The van der Waals surface area contributed by atoms with Gasteiger partial charge in [0.15, 0.2) is 0 Å². The molecule has 2 nitrogen and oxygen atoms in total. The lowest BCUT2D eigenvalue weighted by Crippen LogP contribution is -2.04. The van der Waals surface area contributed by atoms with E-state index in [1.807, 2.05) is 25.1 Å². The Morgan fingerprint density at radius 1 is 1.04 bits per heavy atom. The molecule has 0 aliphatic heterocycles. The third kappa shape index (κ3) is 2.98. The maximum atomic E-state index is 12.7. The van der Waals surface area contributed by atoms with Crippen molar-refractivity contribution in [2.45, 2.75) is 13.1 Å². The number of hydrogen-bond acceptors (Lipinski definition) is 2. The number of nitrogens with zero attached hydrogens (tertiary/aromatic N) is 1. The molecule has 6 heteroatoms. The van der Waals surface area contributed by atoms with Gasteiger partial charge in [0.1, 0.15) is 5.75 Å². The molecule has 0 saturated heterocycles. The molecule has 0 fully saturated rings. The van der Waals surface area contributed by atoms with Gasteiger partial charge in [0.05, 0.1) is 23.9 Å². The summed E-state index contributed by atoms with van der Waals surface area (Å²) >= 11 is 3.40. The third-order valence-electron chi connectivity index (χ3n) is 3.82. The van der Waals surface area contributed by atoms with Crippen LogP contribution in [0.1, 0.15) is 11.1 Å². The van der Waals surface area contributed by atoms with Crippen LogP contribution in [-0.4, -0.2) is 12.1 Å². The number of halogens is 4. The first-order chi connectivity index (χ1) is 11.3. The van der Waals surface area contributed by atoms with Crippen LogP contribution in [0.3, 0.4) is 0 Å². The van der Waals surface area contributed by atoms with Crippen molar-refractivity contribution in [3.63, 3.8) is 0 Å². The highest BCUT2D eigenvalue weighted by atomic mass is 79.9. The van der Waals surface area contributed by atoms with Gasteiger partial charge in [0.25, 0.3) is 0 Å². The maximum Gasteiger partial charge on any atom is 0.416 e. The fraction of sp³-hybridized carbons (Fsp3) is 0.167. The van der Waals surface area contributed by atoms with Gasteiger partial charge >= 0.3 is 6.18 Å². The van der Waals surface area contributed by atoms with Crippen molar-refractivity contribution in [3.05, 3.63) is 58.1 Å². The Labute approximate surface area is 145 Å². The van der Waals surface area contributed by atoms with Crippen molar-refractivity contribution in [2.75, 3.05) is 7.11 Å². The second-order valence-corrected chi connectivity index (χ2v) is 6.27. The predicted molar refractivity (Wildman–Crippen MR) is 91.2 cm³/mol. The van der Waals surface area contributed by atoms with Crippen LogP contribution < -0.4 is 4.74 Å². The summed E-state index contributed by atoms with van der Waals surface area (Å²) in [6, 6.07) is 10.6. The summed E-state index contributed by atoms with van der Waals surface area (Å²) < 4.78 is 44.6. The largest absolute Gasteiger partial charge is 0.496 e.